The number of phenols is 1. The molecule has 0 amide bonds. The van der Waals surface area contributed by atoms with Gasteiger partial charge in [-0.25, -0.2) is 0 Å². The maximum Gasteiger partial charge on any atom is 0.228 e. The van der Waals surface area contributed by atoms with Crippen LogP contribution in [0.25, 0.3) is 11.4 Å². The molecule has 2 rings (SSSR count). The molecule has 0 unspecified atom stereocenters. The minimum Gasteiger partial charge on any atom is -0.508 e. The molecule has 5 nitrogen and oxygen atoms in total. The number of phenolic OH excluding ortho intramolecular Hbond substituents is 1. The van der Waals surface area contributed by atoms with E-state index >= 15 is 0 Å². The highest BCUT2D eigenvalue weighted by atomic mass is 16.5. The first-order valence-corrected chi connectivity index (χ1v) is 5.35. The molecule has 3 N–H and O–H groups in total. The Morgan fingerprint density at radius 2 is 1.94 bits per heavy atom. The molecule has 1 aromatic carbocycles. The van der Waals surface area contributed by atoms with Crippen molar-refractivity contribution in [2.24, 2.45) is 5.73 Å². The largest absolute Gasteiger partial charge is 0.508 e. The Hall–Kier alpha value is -1.88. The normalized spacial score (nSPS) is 11.7. The summed E-state index contributed by atoms with van der Waals surface area (Å²) in [5.74, 6) is 1.23. The first kappa shape index (κ1) is 11.6. The zero-order chi connectivity index (χ0) is 12.5. The van der Waals surface area contributed by atoms with Crippen molar-refractivity contribution >= 4 is 0 Å². The van der Waals surface area contributed by atoms with Gasteiger partial charge in [-0.15, -0.1) is 0 Å². The summed E-state index contributed by atoms with van der Waals surface area (Å²) in [5, 5.41) is 13.1. The lowest BCUT2D eigenvalue weighted by Crippen LogP contribution is -2.34. The molecule has 0 spiro atoms. The van der Waals surface area contributed by atoms with Gasteiger partial charge in [0.2, 0.25) is 11.7 Å². The van der Waals surface area contributed by atoms with Crippen LogP contribution in [0.5, 0.6) is 5.75 Å². The number of nitrogens with two attached hydrogens (primary N) is 1. The molecular weight excluding hydrogens is 218 g/mol. The zero-order valence-corrected chi connectivity index (χ0v) is 9.84. The molecule has 0 aliphatic heterocycles. The van der Waals surface area contributed by atoms with E-state index < -0.39 is 0 Å². The number of nitrogens with zero attached hydrogens (tertiary/aromatic N) is 2. The van der Waals surface area contributed by atoms with Crippen LogP contribution in [-0.2, 0) is 6.42 Å². The lowest BCUT2D eigenvalue weighted by atomic mass is 10.0. The summed E-state index contributed by atoms with van der Waals surface area (Å²) < 4.78 is 5.12. The molecule has 0 radical (unpaired) electrons. The molecule has 1 aromatic heterocycles. The van der Waals surface area contributed by atoms with E-state index in [1.807, 2.05) is 13.8 Å². The second-order valence-corrected chi connectivity index (χ2v) is 4.72. The van der Waals surface area contributed by atoms with Gasteiger partial charge in [-0.2, -0.15) is 4.98 Å². The van der Waals surface area contributed by atoms with E-state index in [9.17, 15) is 5.11 Å². The Kier molecular flexibility index (Phi) is 2.85. The number of aromatic hydroxyl groups is 1. The lowest BCUT2D eigenvalue weighted by molar-refractivity contribution is 0.348. The van der Waals surface area contributed by atoms with Gasteiger partial charge in [0.1, 0.15) is 5.75 Å². The van der Waals surface area contributed by atoms with E-state index in [1.54, 1.807) is 24.3 Å². The topological polar surface area (TPSA) is 85.2 Å². The zero-order valence-electron chi connectivity index (χ0n) is 9.84. The van der Waals surface area contributed by atoms with E-state index in [0.29, 0.717) is 18.1 Å². The Bertz CT molecular complexity index is 497. The van der Waals surface area contributed by atoms with Gasteiger partial charge in [-0.3, -0.25) is 0 Å². The average molecular weight is 233 g/mol. The molecule has 0 bridgehead atoms. The van der Waals surface area contributed by atoms with Crippen LogP contribution in [0.2, 0.25) is 0 Å². The molecule has 17 heavy (non-hydrogen) atoms. The Balaban J connectivity index is 2.21. The maximum absolute atomic E-state index is 9.18. The second-order valence-electron chi connectivity index (χ2n) is 4.72. The number of benzene rings is 1. The van der Waals surface area contributed by atoms with Gasteiger partial charge in [-0.05, 0) is 38.1 Å². The van der Waals surface area contributed by atoms with Crippen LogP contribution < -0.4 is 5.73 Å². The van der Waals surface area contributed by atoms with Crippen molar-refractivity contribution in [2.75, 3.05) is 0 Å². The highest BCUT2D eigenvalue weighted by molar-refractivity contribution is 5.55. The van der Waals surface area contributed by atoms with Crippen molar-refractivity contribution in [3.05, 3.63) is 30.2 Å². The summed E-state index contributed by atoms with van der Waals surface area (Å²) in [7, 11) is 0. The third kappa shape index (κ3) is 3.04. The molecule has 0 saturated heterocycles. The molecule has 0 atom stereocenters. The van der Waals surface area contributed by atoms with E-state index in [4.69, 9.17) is 10.3 Å². The minimum absolute atomic E-state index is 0.209. The van der Waals surface area contributed by atoms with E-state index in [0.717, 1.165) is 5.56 Å². The molecule has 1 heterocycles. The molecule has 5 heteroatoms. The van der Waals surface area contributed by atoms with Crippen molar-refractivity contribution in [3.8, 4) is 17.1 Å². The van der Waals surface area contributed by atoms with Crippen LogP contribution >= 0.6 is 0 Å². The van der Waals surface area contributed by atoms with Gasteiger partial charge in [0.15, 0.2) is 0 Å². The smallest absolute Gasteiger partial charge is 0.228 e. The standard InChI is InChI=1S/C12H15N3O2/c1-12(2,13)7-10-14-11(15-17-10)8-3-5-9(16)6-4-8/h3-6,16H,7,13H2,1-2H3. The quantitative estimate of drug-likeness (QED) is 0.843. The van der Waals surface area contributed by atoms with Gasteiger partial charge in [0.05, 0.1) is 0 Å². The van der Waals surface area contributed by atoms with Crippen LogP contribution in [-0.4, -0.2) is 20.8 Å². The summed E-state index contributed by atoms with van der Waals surface area (Å²) in [4.78, 5) is 4.26. The highest BCUT2D eigenvalue weighted by Gasteiger charge is 2.17. The van der Waals surface area contributed by atoms with E-state index in [1.165, 1.54) is 0 Å². The van der Waals surface area contributed by atoms with Crippen molar-refractivity contribution in [1.82, 2.24) is 10.1 Å². The van der Waals surface area contributed by atoms with Gasteiger partial charge < -0.3 is 15.4 Å². The third-order valence-electron chi connectivity index (χ3n) is 2.20. The van der Waals surface area contributed by atoms with Crippen LogP contribution in [0.3, 0.4) is 0 Å². The van der Waals surface area contributed by atoms with Gasteiger partial charge in [0.25, 0.3) is 0 Å². The van der Waals surface area contributed by atoms with Crippen LogP contribution in [0.1, 0.15) is 19.7 Å². The summed E-state index contributed by atoms with van der Waals surface area (Å²) in [6.07, 6.45) is 0.526. The fourth-order valence-electron chi connectivity index (χ4n) is 1.44. The molecule has 90 valence electrons. The average Bonchev–Trinajstić information content (AvgIpc) is 2.64. The van der Waals surface area contributed by atoms with Gasteiger partial charge in [0, 0.05) is 17.5 Å². The highest BCUT2D eigenvalue weighted by Crippen LogP contribution is 2.19. The molecule has 0 saturated carbocycles. The van der Waals surface area contributed by atoms with Crippen molar-refractivity contribution in [3.63, 3.8) is 0 Å². The number of hydrogen-bond donors (Lipinski definition) is 2. The molecule has 0 fully saturated rings. The SMILES string of the molecule is CC(C)(N)Cc1nc(-c2ccc(O)cc2)no1. The lowest BCUT2D eigenvalue weighted by Gasteiger charge is -2.14. The minimum atomic E-state index is -0.376. The third-order valence-corrected chi connectivity index (χ3v) is 2.20. The van der Waals surface area contributed by atoms with Crippen molar-refractivity contribution in [2.45, 2.75) is 25.8 Å². The predicted octanol–water partition coefficient (Wildman–Crippen LogP) is 1.72. The van der Waals surface area contributed by atoms with Crippen LogP contribution in [0, 0.1) is 0 Å². The van der Waals surface area contributed by atoms with Gasteiger partial charge in [-0.1, -0.05) is 5.16 Å². The fourth-order valence-corrected chi connectivity index (χ4v) is 1.44. The van der Waals surface area contributed by atoms with E-state index in [2.05, 4.69) is 10.1 Å². The van der Waals surface area contributed by atoms with Crippen LogP contribution in [0.15, 0.2) is 28.8 Å². The number of aromatic nitrogens is 2. The molecule has 2 aromatic rings. The fraction of sp³-hybridized carbons (Fsp3) is 0.333. The maximum atomic E-state index is 9.18. The Morgan fingerprint density at radius 1 is 1.29 bits per heavy atom. The second kappa shape index (κ2) is 4.18. The number of hydrogen-bond acceptors (Lipinski definition) is 5. The summed E-state index contributed by atoms with van der Waals surface area (Å²) in [5.41, 5.74) is 6.30. The summed E-state index contributed by atoms with van der Waals surface area (Å²) in [6, 6.07) is 6.63. The molecule has 0 aliphatic rings. The Morgan fingerprint density at radius 3 is 2.53 bits per heavy atom. The summed E-state index contributed by atoms with van der Waals surface area (Å²) >= 11 is 0. The van der Waals surface area contributed by atoms with Crippen molar-refractivity contribution < 1.29 is 9.63 Å². The van der Waals surface area contributed by atoms with Gasteiger partial charge >= 0.3 is 0 Å². The van der Waals surface area contributed by atoms with E-state index in [-0.39, 0.29) is 11.3 Å². The first-order valence-electron chi connectivity index (χ1n) is 5.35. The van der Waals surface area contributed by atoms with Crippen molar-refractivity contribution in [1.29, 1.82) is 0 Å². The summed E-state index contributed by atoms with van der Waals surface area (Å²) in [6.45, 7) is 3.80. The predicted molar refractivity (Wildman–Crippen MR) is 63.4 cm³/mol. The first-order chi connectivity index (χ1) is 7.94. The Labute approximate surface area is 99.3 Å². The van der Waals surface area contributed by atoms with Crippen LogP contribution in [0.4, 0.5) is 0 Å². The molecular formula is C12H15N3O2. The monoisotopic (exact) mass is 233 g/mol. The number of rotatable bonds is 3. The molecule has 0 aliphatic carbocycles.